The standard InChI is InChI=1S/C10H18O5/c1-2-3-4-5-10(13)14-7-9(6-11)15-8-12/h8-9,11H,2-7H2,1H3. The molecule has 5 nitrogen and oxygen atoms in total. The van der Waals surface area contributed by atoms with Gasteiger partial charge < -0.3 is 14.6 Å². The predicted molar refractivity (Wildman–Crippen MR) is 53.1 cm³/mol. The fraction of sp³-hybridized carbons (Fsp3) is 0.800. The van der Waals surface area contributed by atoms with Crippen LogP contribution in [0.15, 0.2) is 0 Å². The van der Waals surface area contributed by atoms with E-state index in [0.29, 0.717) is 6.42 Å². The first-order valence-corrected chi connectivity index (χ1v) is 5.10. The number of esters is 1. The molecule has 0 aromatic heterocycles. The van der Waals surface area contributed by atoms with Gasteiger partial charge in [-0.2, -0.15) is 0 Å². The quantitative estimate of drug-likeness (QED) is 0.349. The van der Waals surface area contributed by atoms with E-state index in [9.17, 15) is 9.59 Å². The molecule has 1 unspecified atom stereocenters. The van der Waals surface area contributed by atoms with Gasteiger partial charge >= 0.3 is 5.97 Å². The third kappa shape index (κ3) is 7.93. The molecular weight excluding hydrogens is 200 g/mol. The molecule has 0 bridgehead atoms. The van der Waals surface area contributed by atoms with Crippen LogP contribution < -0.4 is 0 Å². The van der Waals surface area contributed by atoms with Crippen LogP contribution in [0.2, 0.25) is 0 Å². The van der Waals surface area contributed by atoms with Crippen molar-refractivity contribution in [3.05, 3.63) is 0 Å². The van der Waals surface area contributed by atoms with Crippen molar-refractivity contribution >= 4 is 12.4 Å². The number of carbonyl (C=O) groups is 2. The summed E-state index contributed by atoms with van der Waals surface area (Å²) >= 11 is 0. The second-order valence-electron chi connectivity index (χ2n) is 3.18. The van der Waals surface area contributed by atoms with E-state index in [-0.39, 0.29) is 25.7 Å². The topological polar surface area (TPSA) is 72.8 Å². The minimum atomic E-state index is -0.752. The van der Waals surface area contributed by atoms with Gasteiger partial charge in [0, 0.05) is 6.42 Å². The number of rotatable bonds is 9. The van der Waals surface area contributed by atoms with Gasteiger partial charge in [0.2, 0.25) is 0 Å². The highest BCUT2D eigenvalue weighted by molar-refractivity contribution is 5.69. The lowest BCUT2D eigenvalue weighted by Crippen LogP contribution is -2.25. The number of hydrogen-bond donors (Lipinski definition) is 1. The Balaban J connectivity index is 3.54. The highest BCUT2D eigenvalue weighted by Gasteiger charge is 2.11. The number of aliphatic hydroxyl groups is 1. The van der Waals surface area contributed by atoms with E-state index in [0.717, 1.165) is 19.3 Å². The lowest BCUT2D eigenvalue weighted by molar-refractivity contribution is -0.153. The molecule has 0 aliphatic carbocycles. The summed E-state index contributed by atoms with van der Waals surface area (Å²) in [7, 11) is 0. The first kappa shape index (κ1) is 13.9. The second kappa shape index (κ2) is 9.45. The minimum Gasteiger partial charge on any atom is -0.462 e. The highest BCUT2D eigenvalue weighted by atomic mass is 16.6. The number of ether oxygens (including phenoxy) is 2. The second-order valence-corrected chi connectivity index (χ2v) is 3.18. The predicted octanol–water partition coefficient (Wildman–Crippen LogP) is 0.644. The molecule has 0 rings (SSSR count). The molecule has 1 atom stereocenters. The van der Waals surface area contributed by atoms with Gasteiger partial charge in [-0.15, -0.1) is 0 Å². The average molecular weight is 218 g/mol. The summed E-state index contributed by atoms with van der Waals surface area (Å²) in [6.45, 7) is 1.85. The van der Waals surface area contributed by atoms with Crippen LogP contribution in [0.3, 0.4) is 0 Å². The van der Waals surface area contributed by atoms with E-state index < -0.39 is 6.10 Å². The molecule has 0 radical (unpaired) electrons. The molecule has 0 spiro atoms. The normalized spacial score (nSPS) is 11.9. The maximum Gasteiger partial charge on any atom is 0.305 e. The molecule has 0 fully saturated rings. The summed E-state index contributed by atoms with van der Waals surface area (Å²) in [5, 5.41) is 8.71. The third-order valence-corrected chi connectivity index (χ3v) is 1.87. The van der Waals surface area contributed by atoms with Gasteiger partial charge in [-0.1, -0.05) is 19.8 Å². The highest BCUT2D eigenvalue weighted by Crippen LogP contribution is 2.01. The van der Waals surface area contributed by atoms with Crippen LogP contribution in [0.4, 0.5) is 0 Å². The van der Waals surface area contributed by atoms with Gasteiger partial charge in [-0.05, 0) is 6.42 Å². The maximum atomic E-state index is 11.1. The van der Waals surface area contributed by atoms with Gasteiger partial charge in [0.15, 0.2) is 6.10 Å². The molecule has 0 amide bonds. The molecule has 0 saturated heterocycles. The first-order valence-electron chi connectivity index (χ1n) is 5.10. The Morgan fingerprint density at radius 2 is 2.20 bits per heavy atom. The number of hydrogen-bond acceptors (Lipinski definition) is 5. The van der Waals surface area contributed by atoms with Gasteiger partial charge in [0.05, 0.1) is 6.61 Å². The van der Waals surface area contributed by atoms with Crippen molar-refractivity contribution in [2.75, 3.05) is 13.2 Å². The lowest BCUT2D eigenvalue weighted by Gasteiger charge is -2.12. The van der Waals surface area contributed by atoms with Crippen LogP contribution in [0, 0.1) is 0 Å². The zero-order chi connectivity index (χ0) is 11.5. The van der Waals surface area contributed by atoms with Gasteiger partial charge in [0.1, 0.15) is 6.61 Å². The first-order chi connectivity index (χ1) is 7.24. The molecule has 0 aromatic rings. The monoisotopic (exact) mass is 218 g/mol. The summed E-state index contributed by atoms with van der Waals surface area (Å²) < 4.78 is 9.27. The molecule has 0 aliphatic rings. The fourth-order valence-corrected chi connectivity index (χ4v) is 0.991. The molecule has 0 aliphatic heterocycles. The van der Waals surface area contributed by atoms with Gasteiger partial charge in [0.25, 0.3) is 6.47 Å². The largest absolute Gasteiger partial charge is 0.462 e. The Hall–Kier alpha value is -1.10. The van der Waals surface area contributed by atoms with Crippen molar-refractivity contribution < 1.29 is 24.2 Å². The molecule has 0 aromatic carbocycles. The molecular formula is C10H18O5. The van der Waals surface area contributed by atoms with Crippen LogP contribution in [-0.4, -0.2) is 36.9 Å². The van der Waals surface area contributed by atoms with E-state index >= 15 is 0 Å². The Labute approximate surface area is 89.4 Å². The summed E-state index contributed by atoms with van der Waals surface area (Å²) in [5.41, 5.74) is 0. The summed E-state index contributed by atoms with van der Waals surface area (Å²) in [6.07, 6.45) is 2.45. The third-order valence-electron chi connectivity index (χ3n) is 1.87. The molecule has 0 saturated carbocycles. The zero-order valence-corrected chi connectivity index (χ0v) is 8.98. The molecule has 1 N–H and O–H groups in total. The number of carbonyl (C=O) groups excluding carboxylic acids is 2. The van der Waals surface area contributed by atoms with Crippen LogP contribution in [-0.2, 0) is 19.1 Å². The van der Waals surface area contributed by atoms with Gasteiger partial charge in [-0.25, -0.2) is 0 Å². The van der Waals surface area contributed by atoms with E-state index in [1.165, 1.54) is 0 Å². The molecule has 5 heteroatoms. The molecule has 88 valence electrons. The summed E-state index contributed by atoms with van der Waals surface area (Å²) in [6, 6.07) is 0. The Morgan fingerprint density at radius 3 is 2.73 bits per heavy atom. The Kier molecular flexibility index (Phi) is 8.76. The lowest BCUT2D eigenvalue weighted by atomic mass is 10.2. The van der Waals surface area contributed by atoms with Crippen molar-refractivity contribution in [1.29, 1.82) is 0 Å². The number of aliphatic hydroxyl groups excluding tert-OH is 1. The van der Waals surface area contributed by atoms with E-state index in [2.05, 4.69) is 4.74 Å². The molecule has 0 heterocycles. The maximum absolute atomic E-state index is 11.1. The Bertz CT molecular complexity index is 181. The summed E-state index contributed by atoms with van der Waals surface area (Å²) in [5.74, 6) is -0.323. The average Bonchev–Trinajstić information content (AvgIpc) is 2.24. The van der Waals surface area contributed by atoms with E-state index in [1.807, 2.05) is 6.92 Å². The van der Waals surface area contributed by atoms with Crippen LogP contribution in [0.5, 0.6) is 0 Å². The van der Waals surface area contributed by atoms with Crippen molar-refractivity contribution in [3.63, 3.8) is 0 Å². The number of unbranched alkanes of at least 4 members (excludes halogenated alkanes) is 2. The van der Waals surface area contributed by atoms with Crippen molar-refractivity contribution in [3.8, 4) is 0 Å². The van der Waals surface area contributed by atoms with Crippen molar-refractivity contribution in [2.45, 2.75) is 38.7 Å². The Morgan fingerprint density at radius 1 is 1.47 bits per heavy atom. The van der Waals surface area contributed by atoms with Crippen LogP contribution in [0.25, 0.3) is 0 Å². The SMILES string of the molecule is CCCCCC(=O)OCC(CO)OC=O. The smallest absolute Gasteiger partial charge is 0.305 e. The van der Waals surface area contributed by atoms with Crippen LogP contribution in [0.1, 0.15) is 32.6 Å². The molecule has 15 heavy (non-hydrogen) atoms. The zero-order valence-electron chi connectivity index (χ0n) is 8.98. The van der Waals surface area contributed by atoms with Crippen molar-refractivity contribution in [2.24, 2.45) is 0 Å². The van der Waals surface area contributed by atoms with Crippen molar-refractivity contribution in [1.82, 2.24) is 0 Å². The summed E-state index contributed by atoms with van der Waals surface area (Å²) in [4.78, 5) is 21.1. The van der Waals surface area contributed by atoms with E-state index in [4.69, 9.17) is 9.84 Å². The minimum absolute atomic E-state index is 0.0831. The van der Waals surface area contributed by atoms with Gasteiger partial charge in [-0.3, -0.25) is 9.59 Å². The fourth-order valence-electron chi connectivity index (χ4n) is 0.991. The van der Waals surface area contributed by atoms with E-state index in [1.54, 1.807) is 0 Å². The van der Waals surface area contributed by atoms with Crippen LogP contribution >= 0.6 is 0 Å².